The number of aliphatic hydroxyl groups is 3. The lowest BCUT2D eigenvalue weighted by molar-refractivity contribution is -0.153. The highest BCUT2D eigenvalue weighted by atomic mass is 79.9. The van der Waals surface area contributed by atoms with Gasteiger partial charge in [0, 0.05) is 16.0 Å². The van der Waals surface area contributed by atoms with E-state index in [1.165, 1.54) is 11.0 Å². The number of likely N-dealkylation sites (N-methyl/N-ethyl adjacent to an activating group) is 1. The highest BCUT2D eigenvalue weighted by Gasteiger charge is 2.64. The maximum Gasteiger partial charge on any atom is 0.255 e. The molecule has 0 aliphatic heterocycles. The Balaban J connectivity index is 1.74. The molecule has 192 valence electrons. The molecule has 3 aliphatic rings. The first kappa shape index (κ1) is 25.2. The van der Waals surface area contributed by atoms with Gasteiger partial charge in [0.05, 0.1) is 11.6 Å². The van der Waals surface area contributed by atoms with Crippen molar-refractivity contribution in [1.82, 2.24) is 4.90 Å². The fourth-order valence-corrected chi connectivity index (χ4v) is 6.41. The molecule has 0 spiro atoms. The van der Waals surface area contributed by atoms with Gasteiger partial charge in [0.1, 0.15) is 22.8 Å². The Hall–Kier alpha value is -3.47. The molecule has 3 aliphatic carbocycles. The number of nitrogens with zero attached hydrogens (tertiary/aromatic N) is 1. The van der Waals surface area contributed by atoms with Crippen LogP contribution in [-0.4, -0.2) is 68.5 Å². The van der Waals surface area contributed by atoms with E-state index in [4.69, 9.17) is 5.73 Å². The Bertz CT molecular complexity index is 1440. The van der Waals surface area contributed by atoms with E-state index < -0.39 is 58.0 Å². The number of rotatable bonds is 3. The zero-order chi connectivity index (χ0) is 27.0. The van der Waals surface area contributed by atoms with E-state index in [1.54, 1.807) is 20.2 Å². The van der Waals surface area contributed by atoms with Gasteiger partial charge in [-0.1, -0.05) is 34.1 Å². The van der Waals surface area contributed by atoms with Gasteiger partial charge in [0.2, 0.25) is 5.78 Å². The molecule has 10 heteroatoms. The maximum atomic E-state index is 13.9. The van der Waals surface area contributed by atoms with Gasteiger partial charge in [0.25, 0.3) is 5.91 Å². The van der Waals surface area contributed by atoms with E-state index in [0.717, 1.165) is 15.6 Å². The molecule has 5 rings (SSSR count). The van der Waals surface area contributed by atoms with Crippen LogP contribution in [0.5, 0.6) is 5.75 Å². The van der Waals surface area contributed by atoms with Crippen molar-refractivity contribution in [2.75, 3.05) is 14.1 Å². The number of nitrogens with two attached hydrogens (primary N) is 1. The summed E-state index contributed by atoms with van der Waals surface area (Å²) in [4.78, 5) is 40.6. The summed E-state index contributed by atoms with van der Waals surface area (Å²) in [5, 5.41) is 44.6. The molecule has 2 aromatic carbocycles. The van der Waals surface area contributed by atoms with E-state index >= 15 is 0 Å². The second-order valence-corrected chi connectivity index (χ2v) is 10.9. The summed E-state index contributed by atoms with van der Waals surface area (Å²) in [7, 11) is 3.13. The first-order valence-corrected chi connectivity index (χ1v) is 12.4. The largest absolute Gasteiger partial charge is 0.508 e. The molecule has 0 saturated heterocycles. The van der Waals surface area contributed by atoms with Gasteiger partial charge in [-0.25, -0.2) is 0 Å². The van der Waals surface area contributed by atoms with Crippen LogP contribution >= 0.6 is 15.9 Å². The van der Waals surface area contributed by atoms with Crippen LogP contribution in [0.25, 0.3) is 16.9 Å². The number of aliphatic hydroxyl groups excluding tert-OH is 2. The van der Waals surface area contributed by atoms with E-state index in [0.29, 0.717) is 5.56 Å². The zero-order valence-electron chi connectivity index (χ0n) is 20.0. The summed E-state index contributed by atoms with van der Waals surface area (Å²) in [5.41, 5.74) is 3.96. The predicted molar refractivity (Wildman–Crippen MR) is 137 cm³/mol. The molecule has 0 heterocycles. The number of benzene rings is 2. The average Bonchev–Trinajstić information content (AvgIpc) is 2.82. The molecule has 37 heavy (non-hydrogen) atoms. The van der Waals surface area contributed by atoms with Gasteiger partial charge in [-0.3, -0.25) is 19.3 Å². The number of carbonyl (C=O) groups excluding carboxylic acids is 3. The van der Waals surface area contributed by atoms with E-state index in [-0.39, 0.29) is 29.7 Å². The van der Waals surface area contributed by atoms with Crippen LogP contribution in [0.2, 0.25) is 0 Å². The number of phenols is 1. The molecular weight excluding hydrogens is 544 g/mol. The van der Waals surface area contributed by atoms with Gasteiger partial charge in [-0.2, -0.15) is 0 Å². The van der Waals surface area contributed by atoms with E-state index in [9.17, 15) is 34.8 Å². The molecule has 4 atom stereocenters. The van der Waals surface area contributed by atoms with E-state index in [1.807, 2.05) is 24.3 Å². The predicted octanol–water partition coefficient (Wildman–Crippen LogP) is 2.39. The van der Waals surface area contributed by atoms with Crippen molar-refractivity contribution in [3.8, 4) is 16.9 Å². The third kappa shape index (κ3) is 3.47. The van der Waals surface area contributed by atoms with Crippen LogP contribution in [0.1, 0.15) is 17.5 Å². The monoisotopic (exact) mass is 568 g/mol. The number of amides is 1. The highest BCUT2D eigenvalue weighted by Crippen LogP contribution is 2.53. The lowest BCUT2D eigenvalue weighted by Gasteiger charge is -2.50. The van der Waals surface area contributed by atoms with Crippen molar-refractivity contribution in [3.05, 3.63) is 68.9 Å². The van der Waals surface area contributed by atoms with Crippen molar-refractivity contribution in [2.24, 2.45) is 17.6 Å². The molecule has 2 aromatic rings. The number of halogens is 1. The first-order valence-electron chi connectivity index (χ1n) is 11.6. The number of primary amides is 1. The van der Waals surface area contributed by atoms with Gasteiger partial charge < -0.3 is 26.2 Å². The maximum absolute atomic E-state index is 13.9. The van der Waals surface area contributed by atoms with Crippen molar-refractivity contribution in [3.63, 3.8) is 0 Å². The van der Waals surface area contributed by atoms with Crippen LogP contribution in [0.15, 0.2) is 57.8 Å². The summed E-state index contributed by atoms with van der Waals surface area (Å²) in [6, 6.07) is 9.53. The number of hydrogen-bond acceptors (Lipinski definition) is 8. The zero-order valence-corrected chi connectivity index (χ0v) is 21.6. The quantitative estimate of drug-likeness (QED) is 0.352. The van der Waals surface area contributed by atoms with Gasteiger partial charge in [-0.05, 0) is 67.7 Å². The second-order valence-electron chi connectivity index (χ2n) is 9.95. The number of Topliss-reactive ketones (excluding diaryl/α,β-unsaturated/α-hetero) is 2. The molecule has 1 saturated carbocycles. The summed E-state index contributed by atoms with van der Waals surface area (Å²) in [5.74, 6) is -6.66. The summed E-state index contributed by atoms with van der Waals surface area (Å²) in [6.45, 7) is 0. The average molecular weight is 569 g/mol. The topological polar surface area (TPSA) is 161 Å². The van der Waals surface area contributed by atoms with Gasteiger partial charge >= 0.3 is 0 Å². The Morgan fingerprint density at radius 1 is 1.08 bits per heavy atom. The van der Waals surface area contributed by atoms with Crippen LogP contribution in [-0.2, 0) is 20.8 Å². The van der Waals surface area contributed by atoms with E-state index in [2.05, 4.69) is 15.9 Å². The fraction of sp³-hybridized carbons (Fsp3) is 0.296. The van der Waals surface area contributed by atoms with Crippen LogP contribution in [0.4, 0.5) is 0 Å². The minimum absolute atomic E-state index is 0.0429. The minimum atomic E-state index is -2.65. The van der Waals surface area contributed by atoms with Gasteiger partial charge in [0.15, 0.2) is 11.4 Å². The number of fused-ring (bicyclic) bond motifs is 3. The number of carbonyl (C=O) groups is 3. The molecule has 9 nitrogen and oxygen atoms in total. The fourth-order valence-electron chi connectivity index (χ4n) is 6.14. The molecule has 0 bridgehead atoms. The Morgan fingerprint density at radius 2 is 1.73 bits per heavy atom. The third-order valence-electron chi connectivity index (χ3n) is 7.76. The van der Waals surface area contributed by atoms with Crippen LogP contribution in [0.3, 0.4) is 0 Å². The SMILES string of the molecule is CN(C)[C@@H]1C(=O)C(C(N)=O)=C(O)[C@@]2(O)C(=O)C3=C(O)c4c(O)ccc(-c5ccc(Br)cc5)c4C[C@H]3C[C@@H]12. The molecule has 6 N–H and O–H groups in total. The second kappa shape index (κ2) is 8.54. The van der Waals surface area contributed by atoms with Gasteiger partial charge in [-0.15, -0.1) is 0 Å². The van der Waals surface area contributed by atoms with Crippen molar-refractivity contribution < 1.29 is 34.8 Å². The number of aromatic hydroxyl groups is 1. The number of hydrogen-bond donors (Lipinski definition) is 5. The summed E-state index contributed by atoms with van der Waals surface area (Å²) < 4.78 is 0.881. The number of ketones is 2. The minimum Gasteiger partial charge on any atom is -0.508 e. The Labute approximate surface area is 220 Å². The molecule has 1 amide bonds. The Morgan fingerprint density at radius 3 is 2.32 bits per heavy atom. The lowest BCUT2D eigenvalue weighted by atomic mass is 9.57. The number of phenolic OH excluding ortho intramolecular Hbond substituents is 1. The molecule has 0 unspecified atom stereocenters. The first-order chi connectivity index (χ1) is 17.4. The van der Waals surface area contributed by atoms with Crippen molar-refractivity contribution in [2.45, 2.75) is 24.5 Å². The molecule has 1 fully saturated rings. The smallest absolute Gasteiger partial charge is 0.255 e. The highest BCUT2D eigenvalue weighted by molar-refractivity contribution is 9.10. The molecule has 0 radical (unpaired) electrons. The van der Waals surface area contributed by atoms with Crippen molar-refractivity contribution >= 4 is 39.2 Å². The third-order valence-corrected chi connectivity index (χ3v) is 8.29. The van der Waals surface area contributed by atoms with Crippen LogP contribution < -0.4 is 5.73 Å². The summed E-state index contributed by atoms with van der Waals surface area (Å²) in [6.07, 6.45) is 0.273. The molecular formula is C27H25BrN2O7. The lowest BCUT2D eigenvalue weighted by Crippen LogP contribution is -2.65. The Kier molecular flexibility index (Phi) is 5.82. The summed E-state index contributed by atoms with van der Waals surface area (Å²) >= 11 is 3.41. The standard InChI is InChI=1S/C27H25BrN2O7/c1-30(2)21-16-10-12-9-15-14(11-3-5-13(28)6-4-11)7-8-17(31)19(15)22(32)18(12)24(34)27(16,37)25(35)20(23(21)33)26(29)36/h3-8,12,16,21,31-32,35,37H,9-10H2,1-2H3,(H2,29,36)/t12-,16-,21-,27-/m0/s1. The molecule has 0 aromatic heterocycles. The normalized spacial score (nSPS) is 27.2. The van der Waals surface area contributed by atoms with Crippen LogP contribution in [0, 0.1) is 11.8 Å². The van der Waals surface area contributed by atoms with Crippen molar-refractivity contribution in [1.29, 1.82) is 0 Å².